The number of hydrogen-bond acceptors (Lipinski definition) is 7. The number of anilines is 1. The van der Waals surface area contributed by atoms with Gasteiger partial charge in [0.25, 0.3) is 0 Å². The first-order chi connectivity index (χ1) is 15.2. The van der Waals surface area contributed by atoms with Crippen molar-refractivity contribution in [1.29, 1.82) is 0 Å². The molecule has 0 aliphatic carbocycles. The van der Waals surface area contributed by atoms with E-state index in [4.69, 9.17) is 10.5 Å². The first-order valence-corrected chi connectivity index (χ1v) is 14.5. The molecule has 2 heterocycles. The Morgan fingerprint density at radius 1 is 0.903 bits per heavy atom. The average molecular weight is 468 g/mol. The molecule has 1 atom stereocenters. The number of nitrogen functional groups attached to an aromatic ring is 1. The van der Waals surface area contributed by atoms with Crippen LogP contribution in [0.5, 0.6) is 0 Å². The summed E-state index contributed by atoms with van der Waals surface area (Å²) in [6.07, 6.45) is 18.5. The molecular formula is C23H41N5OS2. The zero-order valence-corrected chi connectivity index (χ0v) is 21.1. The van der Waals surface area contributed by atoms with E-state index in [9.17, 15) is 0 Å². The Morgan fingerprint density at radius 2 is 1.55 bits per heavy atom. The van der Waals surface area contributed by atoms with Crippen LogP contribution in [0, 0.1) is 0 Å². The lowest BCUT2D eigenvalue weighted by molar-refractivity contribution is 0.0559. The van der Waals surface area contributed by atoms with Gasteiger partial charge in [0.2, 0.25) is 0 Å². The van der Waals surface area contributed by atoms with Gasteiger partial charge >= 0.3 is 0 Å². The van der Waals surface area contributed by atoms with Gasteiger partial charge in [-0.2, -0.15) is 0 Å². The van der Waals surface area contributed by atoms with Crippen LogP contribution in [0.15, 0.2) is 12.7 Å². The van der Waals surface area contributed by atoms with Gasteiger partial charge in [-0.25, -0.2) is 15.0 Å². The van der Waals surface area contributed by atoms with Crippen molar-refractivity contribution < 1.29 is 4.74 Å². The monoisotopic (exact) mass is 467 g/mol. The Balaban J connectivity index is 1.38. The molecule has 0 aliphatic heterocycles. The molecule has 2 aromatic rings. The maximum atomic E-state index is 5.96. The predicted molar refractivity (Wildman–Crippen MR) is 137 cm³/mol. The van der Waals surface area contributed by atoms with Crippen LogP contribution in [0.3, 0.4) is 0 Å². The lowest BCUT2D eigenvalue weighted by Crippen LogP contribution is -2.17. The molecule has 31 heavy (non-hydrogen) atoms. The molecule has 0 radical (unpaired) electrons. The number of fused-ring (bicyclic) bond motifs is 1. The summed E-state index contributed by atoms with van der Waals surface area (Å²) in [5.74, 6) is 2.84. The SMILES string of the molecule is CCCCCCCCCCCCSSCCCO[C@H](C)Cn1cnc2c(N)ncnc21. The highest BCUT2D eigenvalue weighted by Crippen LogP contribution is 2.24. The number of unbranched alkanes of at least 4 members (excludes halogenated alkanes) is 9. The molecule has 6 nitrogen and oxygen atoms in total. The van der Waals surface area contributed by atoms with Gasteiger partial charge in [-0.1, -0.05) is 86.3 Å². The Hall–Kier alpha value is -0.990. The van der Waals surface area contributed by atoms with Gasteiger partial charge in [0.15, 0.2) is 11.5 Å². The van der Waals surface area contributed by atoms with E-state index in [1.165, 1.54) is 76.3 Å². The summed E-state index contributed by atoms with van der Waals surface area (Å²) < 4.78 is 7.94. The molecule has 0 saturated heterocycles. The zero-order chi connectivity index (χ0) is 22.2. The van der Waals surface area contributed by atoms with Crippen LogP contribution in [0.1, 0.15) is 84.5 Å². The van der Waals surface area contributed by atoms with Crippen molar-refractivity contribution in [2.75, 3.05) is 23.8 Å². The minimum atomic E-state index is 0.109. The number of aromatic nitrogens is 4. The molecule has 2 N–H and O–H groups in total. The molecular weight excluding hydrogens is 426 g/mol. The van der Waals surface area contributed by atoms with E-state index in [0.717, 1.165) is 24.4 Å². The molecule has 0 fully saturated rings. The van der Waals surface area contributed by atoms with Gasteiger partial charge in [-0.3, -0.25) is 0 Å². The van der Waals surface area contributed by atoms with Gasteiger partial charge in [0.05, 0.1) is 19.0 Å². The second-order valence-electron chi connectivity index (χ2n) is 8.19. The van der Waals surface area contributed by atoms with Crippen molar-refractivity contribution >= 4 is 38.6 Å². The third-order valence-electron chi connectivity index (χ3n) is 5.32. The smallest absolute Gasteiger partial charge is 0.165 e. The highest BCUT2D eigenvalue weighted by molar-refractivity contribution is 8.76. The highest BCUT2D eigenvalue weighted by atomic mass is 33.1. The van der Waals surface area contributed by atoms with Gasteiger partial charge in [0, 0.05) is 18.1 Å². The molecule has 2 aromatic heterocycles. The standard InChI is InChI=1S/C23H41N5OS2/c1-3-4-5-6-7-8-9-10-11-12-15-30-31-16-13-14-29-20(2)17-28-19-27-21-22(24)25-18-26-23(21)28/h18-20H,3-17H2,1-2H3,(H2,24,25,26)/t20-/m1/s1. The van der Waals surface area contributed by atoms with E-state index in [0.29, 0.717) is 17.9 Å². The Bertz CT molecular complexity index is 712. The quantitative estimate of drug-likeness (QED) is 0.186. The minimum Gasteiger partial charge on any atom is -0.382 e. The van der Waals surface area contributed by atoms with Crippen molar-refractivity contribution in [1.82, 2.24) is 19.5 Å². The molecule has 0 spiro atoms. The summed E-state index contributed by atoms with van der Waals surface area (Å²) in [6, 6.07) is 0. The zero-order valence-electron chi connectivity index (χ0n) is 19.4. The number of rotatable bonds is 19. The predicted octanol–water partition coefficient (Wildman–Crippen LogP) is 6.51. The van der Waals surface area contributed by atoms with Crippen LogP contribution >= 0.6 is 21.6 Å². The molecule has 0 aromatic carbocycles. The van der Waals surface area contributed by atoms with E-state index in [2.05, 4.69) is 28.8 Å². The van der Waals surface area contributed by atoms with Crippen LogP contribution in [0.2, 0.25) is 0 Å². The van der Waals surface area contributed by atoms with E-state index in [1.54, 1.807) is 6.33 Å². The van der Waals surface area contributed by atoms with E-state index < -0.39 is 0 Å². The first kappa shape index (κ1) is 26.3. The average Bonchev–Trinajstić information content (AvgIpc) is 3.17. The van der Waals surface area contributed by atoms with Crippen LogP contribution < -0.4 is 5.73 Å². The number of ether oxygens (including phenoxy) is 1. The van der Waals surface area contributed by atoms with Crippen LogP contribution in [0.25, 0.3) is 11.2 Å². The summed E-state index contributed by atoms with van der Waals surface area (Å²) >= 11 is 0. The summed E-state index contributed by atoms with van der Waals surface area (Å²) in [7, 11) is 4.00. The number of imidazole rings is 1. The third-order valence-corrected chi connectivity index (χ3v) is 7.90. The number of hydrogen-bond donors (Lipinski definition) is 1. The lowest BCUT2D eigenvalue weighted by atomic mass is 10.1. The fourth-order valence-corrected chi connectivity index (χ4v) is 5.74. The molecule has 8 heteroatoms. The van der Waals surface area contributed by atoms with E-state index >= 15 is 0 Å². The molecule has 0 aliphatic rings. The summed E-state index contributed by atoms with van der Waals surface area (Å²) in [4.78, 5) is 12.6. The third kappa shape index (κ3) is 10.9. The summed E-state index contributed by atoms with van der Waals surface area (Å²) in [5.41, 5.74) is 7.26. The fraction of sp³-hybridized carbons (Fsp3) is 0.783. The highest BCUT2D eigenvalue weighted by Gasteiger charge is 2.10. The molecule has 2 rings (SSSR count). The van der Waals surface area contributed by atoms with Crippen molar-refractivity contribution in [2.45, 2.75) is 97.1 Å². The molecule has 0 saturated carbocycles. The molecule has 0 bridgehead atoms. The number of nitrogens with two attached hydrogens (primary N) is 1. The van der Waals surface area contributed by atoms with Gasteiger partial charge in [0.1, 0.15) is 11.8 Å². The van der Waals surface area contributed by atoms with Gasteiger partial charge in [-0.05, 0) is 19.8 Å². The molecule has 0 unspecified atom stereocenters. The van der Waals surface area contributed by atoms with Crippen LogP contribution in [-0.4, -0.2) is 43.7 Å². The lowest BCUT2D eigenvalue weighted by Gasteiger charge is -2.14. The Labute approximate surface area is 196 Å². The molecule has 176 valence electrons. The van der Waals surface area contributed by atoms with Crippen molar-refractivity contribution in [3.05, 3.63) is 12.7 Å². The Kier molecular flexibility index (Phi) is 14.1. The first-order valence-electron chi connectivity index (χ1n) is 12.0. The Morgan fingerprint density at radius 3 is 2.26 bits per heavy atom. The van der Waals surface area contributed by atoms with Crippen LogP contribution in [0.4, 0.5) is 5.82 Å². The summed E-state index contributed by atoms with van der Waals surface area (Å²) in [5, 5.41) is 0. The van der Waals surface area contributed by atoms with E-state index in [1.807, 2.05) is 26.2 Å². The minimum absolute atomic E-state index is 0.109. The van der Waals surface area contributed by atoms with Crippen LogP contribution in [-0.2, 0) is 11.3 Å². The molecule has 0 amide bonds. The van der Waals surface area contributed by atoms with Crippen molar-refractivity contribution in [3.63, 3.8) is 0 Å². The largest absolute Gasteiger partial charge is 0.382 e. The second kappa shape index (κ2) is 16.6. The van der Waals surface area contributed by atoms with Crippen molar-refractivity contribution in [3.8, 4) is 0 Å². The second-order valence-corrected chi connectivity index (χ2v) is 10.9. The van der Waals surface area contributed by atoms with Gasteiger partial charge in [-0.15, -0.1) is 0 Å². The number of nitrogens with zero attached hydrogens (tertiary/aromatic N) is 4. The van der Waals surface area contributed by atoms with Crippen molar-refractivity contribution in [2.24, 2.45) is 0 Å². The summed E-state index contributed by atoms with van der Waals surface area (Å²) in [6.45, 7) is 5.87. The fourth-order valence-electron chi connectivity index (χ4n) is 3.53. The maximum Gasteiger partial charge on any atom is 0.165 e. The maximum absolute atomic E-state index is 5.96. The van der Waals surface area contributed by atoms with E-state index in [-0.39, 0.29) is 6.10 Å². The normalized spacial score (nSPS) is 12.6. The topological polar surface area (TPSA) is 78.9 Å². The van der Waals surface area contributed by atoms with Gasteiger partial charge < -0.3 is 15.0 Å².